The number of aryl methyl sites for hydroxylation is 2. The summed E-state index contributed by atoms with van der Waals surface area (Å²) in [6.45, 7) is 3.94. The van der Waals surface area contributed by atoms with E-state index < -0.39 is 5.97 Å². The van der Waals surface area contributed by atoms with Crippen LogP contribution in [0.1, 0.15) is 45.6 Å². The molecule has 1 aromatic carbocycles. The first kappa shape index (κ1) is 17.2. The second-order valence-corrected chi connectivity index (χ2v) is 6.62. The maximum absolute atomic E-state index is 12.3. The van der Waals surface area contributed by atoms with Crippen molar-refractivity contribution in [1.82, 2.24) is 0 Å². The molecular weight excluding hydrogens is 308 g/mol. The third-order valence-electron chi connectivity index (χ3n) is 3.53. The van der Waals surface area contributed by atoms with Crippen molar-refractivity contribution in [2.45, 2.75) is 33.1 Å². The average Bonchev–Trinajstić information content (AvgIpc) is 2.97. The van der Waals surface area contributed by atoms with Crippen LogP contribution in [0.15, 0.2) is 41.3 Å². The van der Waals surface area contributed by atoms with Crippen LogP contribution in [0.2, 0.25) is 0 Å². The Morgan fingerprint density at radius 2 is 1.83 bits per heavy atom. The Kier molecular flexibility index (Phi) is 5.88. The van der Waals surface area contributed by atoms with Crippen molar-refractivity contribution in [1.29, 1.82) is 0 Å². The molecule has 3 nitrogen and oxygen atoms in total. The Balaban J connectivity index is 1.97. The predicted octanol–water partition coefficient (Wildman–Crippen LogP) is 4.89. The first-order chi connectivity index (χ1) is 11.0. The van der Waals surface area contributed by atoms with E-state index in [1.165, 1.54) is 11.3 Å². The Labute approximate surface area is 140 Å². The number of carbonyl (C=O) groups is 2. The van der Waals surface area contributed by atoms with Gasteiger partial charge in [-0.2, -0.15) is 0 Å². The molecule has 0 saturated heterocycles. The lowest BCUT2D eigenvalue weighted by Gasteiger charge is -2.05. The van der Waals surface area contributed by atoms with E-state index in [4.69, 9.17) is 0 Å². The highest BCUT2D eigenvalue weighted by Crippen LogP contribution is 2.19. The Hall–Kier alpha value is -2.20. The third kappa shape index (κ3) is 5.18. The zero-order valence-electron chi connectivity index (χ0n) is 13.3. The van der Waals surface area contributed by atoms with Gasteiger partial charge in [-0.05, 0) is 56.3 Å². The van der Waals surface area contributed by atoms with E-state index in [1.807, 2.05) is 49.6 Å². The summed E-state index contributed by atoms with van der Waals surface area (Å²) in [5.74, 6) is -0.852. The molecule has 0 saturated carbocycles. The Bertz CT molecular complexity index is 707. The topological polar surface area (TPSA) is 54.4 Å². The van der Waals surface area contributed by atoms with Crippen LogP contribution in [0.25, 0.3) is 6.08 Å². The summed E-state index contributed by atoms with van der Waals surface area (Å²) >= 11 is 1.50. The molecule has 1 heterocycles. The number of aliphatic carboxylic acids is 1. The normalized spacial score (nSPS) is 11.5. The number of carbonyl (C=O) groups excluding carboxylic acids is 1. The number of carboxylic acids is 1. The molecule has 2 rings (SSSR count). The third-order valence-corrected chi connectivity index (χ3v) is 4.35. The molecule has 0 aliphatic carbocycles. The number of hydrogen-bond acceptors (Lipinski definition) is 3. The fraction of sp³-hybridized carbons (Fsp3) is 0.263. The molecule has 1 aromatic heterocycles. The van der Waals surface area contributed by atoms with Crippen LogP contribution in [-0.2, 0) is 4.79 Å². The van der Waals surface area contributed by atoms with Crippen molar-refractivity contribution in [2.24, 2.45) is 0 Å². The Morgan fingerprint density at radius 3 is 2.39 bits per heavy atom. The monoisotopic (exact) mass is 328 g/mol. The molecule has 0 spiro atoms. The number of benzene rings is 1. The molecule has 0 amide bonds. The molecule has 2 aromatic rings. The standard InChI is InChI=1S/C19H20O3S/c1-13-9-14(2)11-16(10-13)18(20)7-3-5-15(19(21)22)12-17-6-4-8-23-17/h4,6,8-12H,3,5,7H2,1-2H3,(H,21,22)/b15-12-. The maximum Gasteiger partial charge on any atom is 0.331 e. The molecule has 0 aliphatic rings. The molecule has 0 bridgehead atoms. The first-order valence-corrected chi connectivity index (χ1v) is 8.42. The minimum absolute atomic E-state index is 0.0673. The summed E-state index contributed by atoms with van der Waals surface area (Å²) in [7, 11) is 0. The number of thiophene rings is 1. The van der Waals surface area contributed by atoms with Crippen molar-refractivity contribution in [3.05, 3.63) is 62.9 Å². The second-order valence-electron chi connectivity index (χ2n) is 5.64. The molecule has 23 heavy (non-hydrogen) atoms. The minimum Gasteiger partial charge on any atom is -0.478 e. The van der Waals surface area contributed by atoms with E-state index in [1.54, 1.807) is 6.08 Å². The SMILES string of the molecule is Cc1cc(C)cc(C(=O)CCC/C(=C/c2cccs2)C(=O)O)c1. The van der Waals surface area contributed by atoms with Crippen LogP contribution >= 0.6 is 11.3 Å². The molecule has 0 aliphatic heterocycles. The summed E-state index contributed by atoms with van der Waals surface area (Å²) in [4.78, 5) is 24.5. The number of carboxylic acid groups (broad SMARTS) is 1. The van der Waals surface area contributed by atoms with E-state index in [9.17, 15) is 14.7 Å². The van der Waals surface area contributed by atoms with Crippen LogP contribution in [0.4, 0.5) is 0 Å². The van der Waals surface area contributed by atoms with Crippen LogP contribution < -0.4 is 0 Å². The van der Waals surface area contributed by atoms with Gasteiger partial charge >= 0.3 is 5.97 Å². The second kappa shape index (κ2) is 7.88. The highest BCUT2D eigenvalue weighted by Gasteiger charge is 2.11. The molecule has 0 radical (unpaired) electrons. The maximum atomic E-state index is 12.3. The molecule has 1 N–H and O–H groups in total. The lowest BCUT2D eigenvalue weighted by atomic mass is 9.99. The lowest BCUT2D eigenvalue weighted by Crippen LogP contribution is -2.04. The van der Waals surface area contributed by atoms with Crippen molar-refractivity contribution >= 4 is 29.2 Å². The zero-order valence-corrected chi connectivity index (χ0v) is 14.2. The van der Waals surface area contributed by atoms with E-state index in [0.29, 0.717) is 30.4 Å². The number of ketones is 1. The fourth-order valence-electron chi connectivity index (χ4n) is 2.51. The number of rotatable bonds is 7. The van der Waals surface area contributed by atoms with Crippen molar-refractivity contribution in [3.8, 4) is 0 Å². The van der Waals surface area contributed by atoms with Gasteiger partial charge in [0.2, 0.25) is 0 Å². The highest BCUT2D eigenvalue weighted by atomic mass is 32.1. The van der Waals surface area contributed by atoms with Gasteiger partial charge in [-0.3, -0.25) is 4.79 Å². The van der Waals surface area contributed by atoms with E-state index in [0.717, 1.165) is 16.0 Å². The van der Waals surface area contributed by atoms with E-state index >= 15 is 0 Å². The van der Waals surface area contributed by atoms with Gasteiger partial charge in [0.25, 0.3) is 0 Å². The Morgan fingerprint density at radius 1 is 1.13 bits per heavy atom. The molecular formula is C19H20O3S. The van der Waals surface area contributed by atoms with Gasteiger partial charge in [-0.25, -0.2) is 4.79 Å². The zero-order chi connectivity index (χ0) is 16.8. The molecule has 4 heteroatoms. The summed E-state index contributed by atoms with van der Waals surface area (Å²) in [6.07, 6.45) is 2.98. The summed E-state index contributed by atoms with van der Waals surface area (Å²) < 4.78 is 0. The van der Waals surface area contributed by atoms with Crippen molar-refractivity contribution < 1.29 is 14.7 Å². The summed E-state index contributed by atoms with van der Waals surface area (Å²) in [5.41, 5.74) is 3.19. The number of hydrogen-bond donors (Lipinski definition) is 1. The quantitative estimate of drug-likeness (QED) is 0.582. The van der Waals surface area contributed by atoms with E-state index in [-0.39, 0.29) is 5.78 Å². The lowest BCUT2D eigenvalue weighted by molar-refractivity contribution is -0.132. The summed E-state index contributed by atoms with van der Waals surface area (Å²) in [5, 5.41) is 11.2. The minimum atomic E-state index is -0.919. The largest absolute Gasteiger partial charge is 0.478 e. The van der Waals surface area contributed by atoms with E-state index in [2.05, 4.69) is 0 Å². The summed E-state index contributed by atoms with van der Waals surface area (Å²) in [6, 6.07) is 9.57. The predicted molar refractivity (Wildman–Crippen MR) is 94.0 cm³/mol. The fourth-order valence-corrected chi connectivity index (χ4v) is 3.19. The first-order valence-electron chi connectivity index (χ1n) is 7.54. The van der Waals surface area contributed by atoms with Crippen LogP contribution in [0.5, 0.6) is 0 Å². The van der Waals surface area contributed by atoms with Gasteiger partial charge in [0.15, 0.2) is 5.78 Å². The van der Waals surface area contributed by atoms with Gasteiger partial charge in [0, 0.05) is 22.4 Å². The van der Waals surface area contributed by atoms with Gasteiger partial charge in [-0.15, -0.1) is 11.3 Å². The van der Waals surface area contributed by atoms with Gasteiger partial charge in [-0.1, -0.05) is 23.3 Å². The molecule has 0 fully saturated rings. The van der Waals surface area contributed by atoms with Crippen molar-refractivity contribution in [3.63, 3.8) is 0 Å². The van der Waals surface area contributed by atoms with Gasteiger partial charge in [0.1, 0.15) is 0 Å². The van der Waals surface area contributed by atoms with Crippen LogP contribution in [0.3, 0.4) is 0 Å². The van der Waals surface area contributed by atoms with Gasteiger partial charge in [0.05, 0.1) is 0 Å². The molecule has 120 valence electrons. The molecule has 0 atom stereocenters. The van der Waals surface area contributed by atoms with Crippen LogP contribution in [-0.4, -0.2) is 16.9 Å². The average molecular weight is 328 g/mol. The highest BCUT2D eigenvalue weighted by molar-refractivity contribution is 7.10. The molecule has 0 unspecified atom stereocenters. The van der Waals surface area contributed by atoms with Gasteiger partial charge < -0.3 is 5.11 Å². The smallest absolute Gasteiger partial charge is 0.331 e. The van der Waals surface area contributed by atoms with Crippen molar-refractivity contribution in [2.75, 3.05) is 0 Å². The van der Waals surface area contributed by atoms with Crippen LogP contribution in [0, 0.1) is 13.8 Å². The number of Topliss-reactive ketones (excluding diaryl/α,β-unsaturated/α-hetero) is 1.